The fourth-order valence-corrected chi connectivity index (χ4v) is 2.85. The van der Waals surface area contributed by atoms with Crippen LogP contribution in [0, 0.1) is 0 Å². The van der Waals surface area contributed by atoms with Crippen molar-refractivity contribution in [2.75, 3.05) is 20.2 Å². The van der Waals surface area contributed by atoms with E-state index in [1.54, 1.807) is 18.4 Å². The van der Waals surface area contributed by atoms with Crippen LogP contribution in [0.1, 0.15) is 24.5 Å². The summed E-state index contributed by atoms with van der Waals surface area (Å²) in [6, 6.07) is 10.4. The SMILES string of the molecule is CCNC(=NCc1ccsc1)NCCCc1ccc(OC)cc1. The Kier molecular flexibility index (Phi) is 7.46. The van der Waals surface area contributed by atoms with Gasteiger partial charge in [-0.15, -0.1) is 0 Å². The zero-order valence-corrected chi connectivity index (χ0v) is 14.7. The molecule has 0 atom stereocenters. The van der Waals surface area contributed by atoms with E-state index < -0.39 is 0 Å². The van der Waals surface area contributed by atoms with Crippen molar-refractivity contribution in [3.63, 3.8) is 0 Å². The van der Waals surface area contributed by atoms with Gasteiger partial charge in [-0.25, -0.2) is 4.99 Å². The maximum absolute atomic E-state index is 5.18. The third-order valence-corrected chi connectivity index (χ3v) is 4.17. The van der Waals surface area contributed by atoms with Crippen molar-refractivity contribution >= 4 is 17.3 Å². The lowest BCUT2D eigenvalue weighted by atomic mass is 10.1. The third kappa shape index (κ3) is 6.32. The number of rotatable bonds is 8. The highest BCUT2D eigenvalue weighted by atomic mass is 32.1. The van der Waals surface area contributed by atoms with Gasteiger partial charge in [0.15, 0.2) is 5.96 Å². The second-order valence-corrected chi connectivity index (χ2v) is 5.99. The number of ether oxygens (including phenoxy) is 1. The molecule has 1 aromatic heterocycles. The molecule has 0 aliphatic heterocycles. The van der Waals surface area contributed by atoms with Gasteiger partial charge < -0.3 is 15.4 Å². The molecule has 0 amide bonds. The lowest BCUT2D eigenvalue weighted by molar-refractivity contribution is 0.414. The predicted octanol–water partition coefficient (Wildman–Crippen LogP) is 3.44. The molecule has 0 aliphatic rings. The number of benzene rings is 1. The Morgan fingerprint density at radius 3 is 2.61 bits per heavy atom. The molecule has 0 saturated heterocycles. The molecule has 4 nitrogen and oxygen atoms in total. The summed E-state index contributed by atoms with van der Waals surface area (Å²) in [5, 5.41) is 10.9. The quantitative estimate of drug-likeness (QED) is 0.442. The van der Waals surface area contributed by atoms with Crippen molar-refractivity contribution in [2.24, 2.45) is 4.99 Å². The summed E-state index contributed by atoms with van der Waals surface area (Å²) in [5.41, 5.74) is 2.58. The van der Waals surface area contributed by atoms with Gasteiger partial charge in [0, 0.05) is 13.1 Å². The minimum absolute atomic E-state index is 0.720. The van der Waals surface area contributed by atoms with Crippen LogP contribution in [0.4, 0.5) is 0 Å². The molecular formula is C18H25N3OS. The first-order valence-electron chi connectivity index (χ1n) is 7.98. The molecule has 2 rings (SSSR count). The van der Waals surface area contributed by atoms with Crippen LogP contribution in [-0.4, -0.2) is 26.2 Å². The lowest BCUT2D eigenvalue weighted by Crippen LogP contribution is -2.37. The van der Waals surface area contributed by atoms with Gasteiger partial charge in [0.2, 0.25) is 0 Å². The second kappa shape index (κ2) is 9.90. The van der Waals surface area contributed by atoms with Crippen LogP contribution in [0.3, 0.4) is 0 Å². The van der Waals surface area contributed by atoms with Crippen LogP contribution >= 0.6 is 11.3 Å². The number of methoxy groups -OCH3 is 1. The number of aliphatic imine (C=N–C) groups is 1. The standard InChI is InChI=1S/C18H25N3OS/c1-3-19-18(21-13-16-10-12-23-14-16)20-11-4-5-15-6-8-17(22-2)9-7-15/h6-10,12,14H,3-5,11,13H2,1-2H3,(H2,19,20,21). The number of nitrogens with one attached hydrogen (secondary N) is 2. The van der Waals surface area contributed by atoms with Gasteiger partial charge in [-0.3, -0.25) is 0 Å². The van der Waals surface area contributed by atoms with Gasteiger partial charge in [0.1, 0.15) is 5.75 Å². The van der Waals surface area contributed by atoms with E-state index in [1.807, 2.05) is 12.1 Å². The molecule has 2 aromatic rings. The largest absolute Gasteiger partial charge is 0.497 e. The fourth-order valence-electron chi connectivity index (χ4n) is 2.19. The molecular weight excluding hydrogens is 306 g/mol. The van der Waals surface area contributed by atoms with E-state index in [-0.39, 0.29) is 0 Å². The van der Waals surface area contributed by atoms with E-state index in [2.05, 4.69) is 51.5 Å². The van der Waals surface area contributed by atoms with Crippen molar-refractivity contribution < 1.29 is 4.74 Å². The first-order chi connectivity index (χ1) is 11.3. The average molecular weight is 331 g/mol. The van der Waals surface area contributed by atoms with E-state index in [0.717, 1.165) is 44.2 Å². The maximum Gasteiger partial charge on any atom is 0.191 e. The molecule has 2 N–H and O–H groups in total. The lowest BCUT2D eigenvalue weighted by Gasteiger charge is -2.11. The molecule has 0 bridgehead atoms. The van der Waals surface area contributed by atoms with E-state index in [9.17, 15) is 0 Å². The van der Waals surface area contributed by atoms with Crippen LogP contribution in [-0.2, 0) is 13.0 Å². The summed E-state index contributed by atoms with van der Waals surface area (Å²) in [5.74, 6) is 1.79. The Bertz CT molecular complexity index is 579. The molecule has 1 heterocycles. The van der Waals surface area contributed by atoms with Gasteiger partial charge in [-0.2, -0.15) is 11.3 Å². The van der Waals surface area contributed by atoms with E-state index in [1.165, 1.54) is 11.1 Å². The van der Waals surface area contributed by atoms with Gasteiger partial charge in [-0.1, -0.05) is 12.1 Å². The predicted molar refractivity (Wildman–Crippen MR) is 98.5 cm³/mol. The summed E-state index contributed by atoms with van der Waals surface area (Å²) < 4.78 is 5.18. The average Bonchev–Trinajstić information content (AvgIpc) is 3.10. The van der Waals surface area contributed by atoms with Crippen molar-refractivity contribution in [1.29, 1.82) is 0 Å². The molecule has 5 heteroatoms. The zero-order valence-electron chi connectivity index (χ0n) is 13.8. The molecule has 0 fully saturated rings. The number of hydrogen-bond donors (Lipinski definition) is 2. The summed E-state index contributed by atoms with van der Waals surface area (Å²) in [4.78, 5) is 4.61. The zero-order chi connectivity index (χ0) is 16.3. The first kappa shape index (κ1) is 17.3. The van der Waals surface area contributed by atoms with Crippen molar-refractivity contribution in [1.82, 2.24) is 10.6 Å². The highest BCUT2D eigenvalue weighted by Crippen LogP contribution is 2.12. The fraction of sp³-hybridized carbons (Fsp3) is 0.389. The Hall–Kier alpha value is -2.01. The topological polar surface area (TPSA) is 45.7 Å². The normalized spacial score (nSPS) is 11.3. The highest BCUT2D eigenvalue weighted by Gasteiger charge is 1.99. The van der Waals surface area contributed by atoms with Gasteiger partial charge >= 0.3 is 0 Å². The monoisotopic (exact) mass is 331 g/mol. The molecule has 0 saturated carbocycles. The Balaban J connectivity index is 1.73. The minimum atomic E-state index is 0.720. The molecule has 1 aromatic carbocycles. The van der Waals surface area contributed by atoms with Crippen LogP contribution in [0.15, 0.2) is 46.1 Å². The molecule has 23 heavy (non-hydrogen) atoms. The number of hydrogen-bond acceptors (Lipinski definition) is 3. The number of guanidine groups is 1. The summed E-state index contributed by atoms with van der Waals surface area (Å²) >= 11 is 1.71. The maximum atomic E-state index is 5.18. The van der Waals surface area contributed by atoms with Crippen LogP contribution < -0.4 is 15.4 Å². The van der Waals surface area contributed by atoms with Crippen LogP contribution in [0.5, 0.6) is 5.75 Å². The van der Waals surface area contributed by atoms with E-state index in [4.69, 9.17) is 4.74 Å². The highest BCUT2D eigenvalue weighted by molar-refractivity contribution is 7.07. The Morgan fingerprint density at radius 2 is 1.96 bits per heavy atom. The number of aryl methyl sites for hydroxylation is 1. The van der Waals surface area contributed by atoms with Crippen molar-refractivity contribution in [2.45, 2.75) is 26.3 Å². The first-order valence-corrected chi connectivity index (χ1v) is 8.92. The molecule has 0 unspecified atom stereocenters. The summed E-state index contributed by atoms with van der Waals surface area (Å²) in [7, 11) is 1.69. The van der Waals surface area contributed by atoms with Crippen molar-refractivity contribution in [3.05, 3.63) is 52.2 Å². The molecule has 0 aliphatic carbocycles. The van der Waals surface area contributed by atoms with Crippen LogP contribution in [0.25, 0.3) is 0 Å². The van der Waals surface area contributed by atoms with E-state index >= 15 is 0 Å². The van der Waals surface area contributed by atoms with Gasteiger partial charge in [-0.05, 0) is 59.9 Å². The molecule has 0 spiro atoms. The number of nitrogens with zero attached hydrogens (tertiary/aromatic N) is 1. The third-order valence-electron chi connectivity index (χ3n) is 3.44. The van der Waals surface area contributed by atoms with Gasteiger partial charge in [0.25, 0.3) is 0 Å². The Morgan fingerprint density at radius 1 is 1.13 bits per heavy atom. The summed E-state index contributed by atoms with van der Waals surface area (Å²) in [6.45, 7) is 4.58. The number of thiophene rings is 1. The Labute approximate surface area is 142 Å². The summed E-state index contributed by atoms with van der Waals surface area (Å²) in [6.07, 6.45) is 2.11. The second-order valence-electron chi connectivity index (χ2n) is 5.21. The minimum Gasteiger partial charge on any atom is -0.497 e. The van der Waals surface area contributed by atoms with E-state index in [0.29, 0.717) is 0 Å². The van der Waals surface area contributed by atoms with Crippen molar-refractivity contribution in [3.8, 4) is 5.75 Å². The smallest absolute Gasteiger partial charge is 0.191 e. The molecule has 124 valence electrons. The van der Waals surface area contributed by atoms with Crippen LogP contribution in [0.2, 0.25) is 0 Å². The van der Waals surface area contributed by atoms with Gasteiger partial charge in [0.05, 0.1) is 13.7 Å². The molecule has 0 radical (unpaired) electrons.